The van der Waals surface area contributed by atoms with Gasteiger partial charge in [-0.3, -0.25) is 0 Å². The van der Waals surface area contributed by atoms with Gasteiger partial charge in [-0.1, -0.05) is 5.92 Å². The predicted molar refractivity (Wildman–Crippen MR) is 74.1 cm³/mol. The highest BCUT2D eigenvalue weighted by atomic mass is 19.4. The maximum absolute atomic E-state index is 12.2. The van der Waals surface area contributed by atoms with Crippen LogP contribution in [0.4, 0.5) is 18.0 Å². The van der Waals surface area contributed by atoms with E-state index >= 15 is 0 Å². The van der Waals surface area contributed by atoms with Crippen LogP contribution in [-0.2, 0) is 11.3 Å². The van der Waals surface area contributed by atoms with Crippen molar-refractivity contribution in [2.24, 2.45) is 0 Å². The maximum atomic E-state index is 12.2. The standard InChI is InChI=1S/C15H16F3NO3/c1-5-10-6-11(8-12(7-10)21-15(16,17)18)9-19-13(20)22-14(2,3)4/h1,6-8H,9H2,2-4H3,(H,19,20). The van der Waals surface area contributed by atoms with E-state index in [4.69, 9.17) is 11.2 Å². The lowest BCUT2D eigenvalue weighted by molar-refractivity contribution is -0.274. The van der Waals surface area contributed by atoms with Gasteiger partial charge in [0.1, 0.15) is 11.4 Å². The lowest BCUT2D eigenvalue weighted by Gasteiger charge is -2.19. The Morgan fingerprint density at radius 2 is 1.91 bits per heavy atom. The first kappa shape index (κ1) is 17.7. The number of alkyl halides is 3. The van der Waals surface area contributed by atoms with Crippen molar-refractivity contribution in [3.05, 3.63) is 29.3 Å². The minimum atomic E-state index is -4.82. The number of rotatable bonds is 3. The Morgan fingerprint density at radius 1 is 1.27 bits per heavy atom. The molecule has 0 aliphatic heterocycles. The molecule has 1 aromatic carbocycles. The Balaban J connectivity index is 2.80. The molecule has 1 aromatic rings. The Labute approximate surface area is 126 Å². The number of nitrogens with one attached hydrogen (secondary N) is 1. The molecule has 1 amide bonds. The maximum Gasteiger partial charge on any atom is 0.573 e. The zero-order chi connectivity index (χ0) is 17.0. The summed E-state index contributed by atoms with van der Waals surface area (Å²) in [5, 5.41) is 2.43. The highest BCUT2D eigenvalue weighted by Crippen LogP contribution is 2.25. The summed E-state index contributed by atoms with van der Waals surface area (Å²) in [5.74, 6) is 1.79. The van der Waals surface area contributed by atoms with Gasteiger partial charge in [0, 0.05) is 12.1 Å². The number of alkyl carbamates (subject to hydrolysis) is 1. The van der Waals surface area contributed by atoms with E-state index in [0.717, 1.165) is 12.1 Å². The van der Waals surface area contributed by atoms with E-state index in [1.165, 1.54) is 6.07 Å². The second-order valence-electron chi connectivity index (χ2n) is 5.41. The highest BCUT2D eigenvalue weighted by Gasteiger charge is 2.31. The van der Waals surface area contributed by atoms with Gasteiger partial charge in [-0.2, -0.15) is 0 Å². The van der Waals surface area contributed by atoms with E-state index in [2.05, 4.69) is 16.0 Å². The van der Waals surface area contributed by atoms with Gasteiger partial charge in [-0.05, 0) is 44.5 Å². The summed E-state index contributed by atoms with van der Waals surface area (Å²) in [4.78, 5) is 11.5. The molecule has 1 rings (SSSR count). The molecule has 0 heterocycles. The quantitative estimate of drug-likeness (QED) is 0.867. The summed E-state index contributed by atoms with van der Waals surface area (Å²) < 4.78 is 45.6. The largest absolute Gasteiger partial charge is 0.573 e. The summed E-state index contributed by atoms with van der Waals surface area (Å²) in [7, 11) is 0. The minimum Gasteiger partial charge on any atom is -0.444 e. The number of ether oxygens (including phenoxy) is 2. The van der Waals surface area contributed by atoms with Gasteiger partial charge in [0.2, 0.25) is 0 Å². The van der Waals surface area contributed by atoms with E-state index in [1.54, 1.807) is 20.8 Å². The van der Waals surface area contributed by atoms with Crippen molar-refractivity contribution in [1.29, 1.82) is 0 Å². The van der Waals surface area contributed by atoms with E-state index < -0.39 is 23.8 Å². The zero-order valence-electron chi connectivity index (χ0n) is 12.4. The van der Waals surface area contributed by atoms with Crippen LogP contribution in [0.1, 0.15) is 31.9 Å². The van der Waals surface area contributed by atoms with Gasteiger partial charge in [-0.15, -0.1) is 19.6 Å². The number of hydrogen-bond acceptors (Lipinski definition) is 3. The average Bonchev–Trinajstić information content (AvgIpc) is 2.32. The molecule has 4 nitrogen and oxygen atoms in total. The molecule has 0 fully saturated rings. The first-order valence-corrected chi connectivity index (χ1v) is 6.32. The van der Waals surface area contributed by atoms with Crippen molar-refractivity contribution in [1.82, 2.24) is 5.32 Å². The Hall–Kier alpha value is -2.36. The molecule has 0 unspecified atom stereocenters. The van der Waals surface area contributed by atoms with Crippen LogP contribution in [-0.4, -0.2) is 18.1 Å². The third-order valence-corrected chi connectivity index (χ3v) is 2.20. The van der Waals surface area contributed by atoms with Crippen molar-refractivity contribution in [2.45, 2.75) is 39.3 Å². The van der Waals surface area contributed by atoms with Crippen LogP contribution in [0.5, 0.6) is 5.75 Å². The third-order valence-electron chi connectivity index (χ3n) is 2.20. The topological polar surface area (TPSA) is 47.6 Å². The average molecular weight is 315 g/mol. The number of terminal acetylenes is 1. The molecular weight excluding hydrogens is 299 g/mol. The highest BCUT2D eigenvalue weighted by molar-refractivity contribution is 5.67. The molecular formula is C15H16F3NO3. The zero-order valence-corrected chi connectivity index (χ0v) is 12.4. The molecule has 1 N–H and O–H groups in total. The van der Waals surface area contributed by atoms with Crippen LogP contribution < -0.4 is 10.1 Å². The molecule has 0 radical (unpaired) electrons. The Morgan fingerprint density at radius 3 is 2.41 bits per heavy atom. The molecule has 7 heteroatoms. The number of carbonyl (C=O) groups is 1. The van der Waals surface area contributed by atoms with E-state index in [1.807, 2.05) is 0 Å². The van der Waals surface area contributed by atoms with Gasteiger partial charge < -0.3 is 14.8 Å². The predicted octanol–water partition coefficient (Wildman–Crippen LogP) is 3.59. The summed E-state index contributed by atoms with van der Waals surface area (Å²) in [5.41, 5.74) is -0.0988. The minimum absolute atomic E-state index is 0.0430. The lowest BCUT2D eigenvalue weighted by atomic mass is 10.1. The van der Waals surface area contributed by atoms with Crippen LogP contribution in [0.25, 0.3) is 0 Å². The molecule has 0 atom stereocenters. The molecule has 0 saturated carbocycles. The third kappa shape index (κ3) is 6.88. The first-order chi connectivity index (χ1) is 9.98. The van der Waals surface area contributed by atoms with Gasteiger partial charge in [0.25, 0.3) is 0 Å². The summed E-state index contributed by atoms with van der Waals surface area (Å²) in [6.07, 6.45) is -0.308. The first-order valence-electron chi connectivity index (χ1n) is 6.32. The van der Waals surface area contributed by atoms with Crippen molar-refractivity contribution in [3.8, 4) is 18.1 Å². The second kappa shape index (κ2) is 6.60. The van der Waals surface area contributed by atoms with E-state index in [-0.39, 0.29) is 12.1 Å². The van der Waals surface area contributed by atoms with Gasteiger partial charge in [-0.25, -0.2) is 4.79 Å². The molecule has 0 aliphatic rings. The fourth-order valence-electron chi connectivity index (χ4n) is 1.53. The number of benzene rings is 1. The van der Waals surface area contributed by atoms with Crippen LogP contribution >= 0.6 is 0 Å². The van der Waals surface area contributed by atoms with Gasteiger partial charge in [0.05, 0.1) is 0 Å². The smallest absolute Gasteiger partial charge is 0.444 e. The lowest BCUT2D eigenvalue weighted by Crippen LogP contribution is -2.32. The van der Waals surface area contributed by atoms with Crippen LogP contribution in [0.2, 0.25) is 0 Å². The van der Waals surface area contributed by atoms with E-state index in [0.29, 0.717) is 5.56 Å². The summed E-state index contributed by atoms with van der Waals surface area (Å²) >= 11 is 0. The van der Waals surface area contributed by atoms with Crippen molar-refractivity contribution in [2.75, 3.05) is 0 Å². The molecule has 0 spiro atoms. The van der Waals surface area contributed by atoms with Crippen LogP contribution in [0.15, 0.2) is 18.2 Å². The SMILES string of the molecule is C#Cc1cc(CNC(=O)OC(C)(C)C)cc(OC(F)(F)F)c1. The Bertz CT molecular complexity index is 583. The van der Waals surface area contributed by atoms with Crippen LogP contribution in [0.3, 0.4) is 0 Å². The molecule has 0 bridgehead atoms. The monoisotopic (exact) mass is 315 g/mol. The molecule has 0 aliphatic carbocycles. The van der Waals surface area contributed by atoms with Crippen molar-refractivity contribution >= 4 is 6.09 Å². The Kier molecular flexibility index (Phi) is 5.31. The number of amides is 1. The van der Waals surface area contributed by atoms with E-state index in [9.17, 15) is 18.0 Å². The fraction of sp³-hybridized carbons (Fsp3) is 0.400. The normalized spacial score (nSPS) is 11.5. The van der Waals surface area contributed by atoms with Gasteiger partial charge in [0.15, 0.2) is 0 Å². The number of carbonyl (C=O) groups excluding carboxylic acids is 1. The number of halogens is 3. The molecule has 22 heavy (non-hydrogen) atoms. The molecule has 0 saturated heterocycles. The molecule has 0 aromatic heterocycles. The summed E-state index contributed by atoms with van der Waals surface area (Å²) in [6.45, 7) is 5.04. The van der Waals surface area contributed by atoms with Crippen molar-refractivity contribution in [3.63, 3.8) is 0 Å². The van der Waals surface area contributed by atoms with Crippen LogP contribution in [0, 0.1) is 12.3 Å². The van der Waals surface area contributed by atoms with Crippen molar-refractivity contribution < 1.29 is 27.4 Å². The number of hydrogen-bond donors (Lipinski definition) is 1. The fourth-order valence-corrected chi connectivity index (χ4v) is 1.53. The second-order valence-corrected chi connectivity index (χ2v) is 5.41. The summed E-state index contributed by atoms with van der Waals surface area (Å²) in [6, 6.07) is 3.71. The van der Waals surface area contributed by atoms with Gasteiger partial charge >= 0.3 is 12.5 Å². The molecule has 120 valence electrons.